The lowest BCUT2D eigenvalue weighted by Gasteiger charge is -2.05. The van der Waals surface area contributed by atoms with E-state index in [0.717, 1.165) is 31.6 Å². The summed E-state index contributed by atoms with van der Waals surface area (Å²) in [6, 6.07) is 0. The van der Waals surface area contributed by atoms with Crippen molar-refractivity contribution < 1.29 is 9.53 Å². The first-order chi connectivity index (χ1) is 9.66. The van der Waals surface area contributed by atoms with Gasteiger partial charge in [-0.2, -0.15) is 0 Å². The van der Waals surface area contributed by atoms with E-state index in [-0.39, 0.29) is 5.97 Å². The fourth-order valence-electron chi connectivity index (χ4n) is 2.32. The molecule has 0 unspecified atom stereocenters. The Labute approximate surface area is 126 Å². The van der Waals surface area contributed by atoms with Gasteiger partial charge in [0.1, 0.15) is 0 Å². The van der Waals surface area contributed by atoms with Crippen LogP contribution in [0.5, 0.6) is 0 Å². The third-order valence-corrected chi connectivity index (χ3v) is 3.67. The monoisotopic (exact) mass is 284 g/mol. The minimum absolute atomic E-state index is 0.00728. The molecule has 0 saturated carbocycles. The molecule has 0 aliphatic carbocycles. The summed E-state index contributed by atoms with van der Waals surface area (Å²) in [6.07, 6.45) is 14.2. The summed E-state index contributed by atoms with van der Waals surface area (Å²) in [5.41, 5.74) is 0. The van der Waals surface area contributed by atoms with Gasteiger partial charge in [0.25, 0.3) is 0 Å². The van der Waals surface area contributed by atoms with Crippen LogP contribution in [0.25, 0.3) is 0 Å². The summed E-state index contributed by atoms with van der Waals surface area (Å²) in [6.45, 7) is 7.36. The van der Waals surface area contributed by atoms with Gasteiger partial charge in [0.05, 0.1) is 6.61 Å². The molecule has 0 fully saturated rings. The second-order valence-corrected chi connectivity index (χ2v) is 6.33. The predicted octanol–water partition coefficient (Wildman–Crippen LogP) is 5.89. The van der Waals surface area contributed by atoms with Crippen LogP contribution < -0.4 is 0 Å². The highest BCUT2D eigenvalue weighted by molar-refractivity contribution is 5.69. The Morgan fingerprint density at radius 2 is 1.45 bits per heavy atom. The predicted molar refractivity (Wildman–Crippen MR) is 86.9 cm³/mol. The number of carbonyl (C=O) groups is 1. The van der Waals surface area contributed by atoms with Crippen molar-refractivity contribution in [3.63, 3.8) is 0 Å². The van der Waals surface area contributed by atoms with Crippen molar-refractivity contribution in [3.05, 3.63) is 0 Å². The summed E-state index contributed by atoms with van der Waals surface area (Å²) in [5.74, 6) is 0.842. The number of esters is 1. The van der Waals surface area contributed by atoms with E-state index in [0.29, 0.717) is 13.0 Å². The maximum Gasteiger partial charge on any atom is 0.305 e. The Morgan fingerprint density at radius 1 is 0.850 bits per heavy atom. The van der Waals surface area contributed by atoms with Crippen molar-refractivity contribution in [2.24, 2.45) is 5.92 Å². The lowest BCUT2D eigenvalue weighted by atomic mass is 10.0. The molecule has 0 aromatic carbocycles. The zero-order chi connectivity index (χ0) is 15.1. The zero-order valence-corrected chi connectivity index (χ0v) is 14.1. The summed E-state index contributed by atoms with van der Waals surface area (Å²) in [4.78, 5) is 11.4. The van der Waals surface area contributed by atoms with Crippen molar-refractivity contribution in [1.29, 1.82) is 0 Å². The molecule has 0 aliphatic heterocycles. The highest BCUT2D eigenvalue weighted by atomic mass is 16.5. The van der Waals surface area contributed by atoms with E-state index in [9.17, 15) is 4.79 Å². The van der Waals surface area contributed by atoms with Gasteiger partial charge in [0.2, 0.25) is 0 Å². The SMILES string of the molecule is CCCCCC(=O)OCCCCCCCCCC(C)C. The highest BCUT2D eigenvalue weighted by Gasteiger charge is 2.01. The molecule has 20 heavy (non-hydrogen) atoms. The van der Waals surface area contributed by atoms with Gasteiger partial charge in [-0.05, 0) is 18.8 Å². The van der Waals surface area contributed by atoms with Crippen LogP contribution in [-0.2, 0) is 9.53 Å². The van der Waals surface area contributed by atoms with Crippen LogP contribution in [0.2, 0.25) is 0 Å². The highest BCUT2D eigenvalue weighted by Crippen LogP contribution is 2.12. The first kappa shape index (κ1) is 19.5. The molecule has 2 heteroatoms. The summed E-state index contributed by atoms with van der Waals surface area (Å²) < 4.78 is 5.22. The average molecular weight is 284 g/mol. The van der Waals surface area contributed by atoms with Crippen LogP contribution in [0.4, 0.5) is 0 Å². The second-order valence-electron chi connectivity index (χ2n) is 6.33. The van der Waals surface area contributed by atoms with Crippen molar-refractivity contribution in [1.82, 2.24) is 0 Å². The van der Waals surface area contributed by atoms with Crippen LogP contribution in [0, 0.1) is 5.92 Å². The number of hydrogen-bond donors (Lipinski definition) is 0. The third kappa shape index (κ3) is 15.5. The van der Waals surface area contributed by atoms with Crippen molar-refractivity contribution >= 4 is 5.97 Å². The van der Waals surface area contributed by atoms with E-state index in [1.807, 2.05) is 0 Å². The van der Waals surface area contributed by atoms with Crippen LogP contribution in [-0.4, -0.2) is 12.6 Å². The number of rotatable bonds is 14. The third-order valence-electron chi connectivity index (χ3n) is 3.67. The average Bonchev–Trinajstić information content (AvgIpc) is 2.41. The molecular weight excluding hydrogens is 248 g/mol. The lowest BCUT2D eigenvalue weighted by Crippen LogP contribution is -2.05. The minimum Gasteiger partial charge on any atom is -0.466 e. The Hall–Kier alpha value is -0.530. The van der Waals surface area contributed by atoms with Gasteiger partial charge >= 0.3 is 5.97 Å². The van der Waals surface area contributed by atoms with E-state index in [1.54, 1.807) is 0 Å². The molecule has 0 atom stereocenters. The van der Waals surface area contributed by atoms with E-state index in [4.69, 9.17) is 4.74 Å². The first-order valence-electron chi connectivity index (χ1n) is 8.82. The van der Waals surface area contributed by atoms with Crippen LogP contribution >= 0.6 is 0 Å². The van der Waals surface area contributed by atoms with Gasteiger partial charge in [0, 0.05) is 6.42 Å². The molecule has 0 bridgehead atoms. The Morgan fingerprint density at radius 3 is 2.05 bits per heavy atom. The molecule has 0 saturated heterocycles. The first-order valence-corrected chi connectivity index (χ1v) is 8.82. The fourth-order valence-corrected chi connectivity index (χ4v) is 2.32. The maximum absolute atomic E-state index is 11.4. The number of ether oxygens (including phenoxy) is 1. The summed E-state index contributed by atoms with van der Waals surface area (Å²) in [5, 5.41) is 0. The molecule has 0 amide bonds. The summed E-state index contributed by atoms with van der Waals surface area (Å²) in [7, 11) is 0. The van der Waals surface area contributed by atoms with Gasteiger partial charge in [-0.3, -0.25) is 4.79 Å². The van der Waals surface area contributed by atoms with Crippen molar-refractivity contribution in [2.75, 3.05) is 6.61 Å². The number of carbonyl (C=O) groups excluding carboxylic acids is 1. The molecule has 0 rings (SSSR count). The van der Waals surface area contributed by atoms with Crippen LogP contribution in [0.15, 0.2) is 0 Å². The lowest BCUT2D eigenvalue weighted by molar-refractivity contribution is -0.143. The largest absolute Gasteiger partial charge is 0.466 e. The minimum atomic E-state index is -0.00728. The standard InChI is InChI=1S/C18H36O2/c1-4-5-11-15-18(19)20-16-13-10-8-6-7-9-12-14-17(2)3/h17H,4-16H2,1-3H3. The number of unbranched alkanes of at least 4 members (excludes halogenated alkanes) is 8. The molecule has 0 aliphatic rings. The normalized spacial score (nSPS) is 11.0. The molecule has 0 radical (unpaired) electrons. The Balaban J connectivity index is 3.11. The second kappa shape index (κ2) is 14.9. The summed E-state index contributed by atoms with van der Waals surface area (Å²) >= 11 is 0. The maximum atomic E-state index is 11.4. The number of hydrogen-bond acceptors (Lipinski definition) is 2. The Kier molecular flexibility index (Phi) is 14.5. The smallest absolute Gasteiger partial charge is 0.305 e. The molecule has 0 heterocycles. The molecule has 120 valence electrons. The van der Waals surface area contributed by atoms with Gasteiger partial charge < -0.3 is 4.74 Å². The van der Waals surface area contributed by atoms with E-state index >= 15 is 0 Å². The zero-order valence-electron chi connectivity index (χ0n) is 14.1. The molecule has 0 aromatic heterocycles. The van der Waals surface area contributed by atoms with Crippen LogP contribution in [0.3, 0.4) is 0 Å². The van der Waals surface area contributed by atoms with E-state index in [2.05, 4.69) is 20.8 Å². The van der Waals surface area contributed by atoms with Gasteiger partial charge in [-0.25, -0.2) is 0 Å². The van der Waals surface area contributed by atoms with Crippen molar-refractivity contribution in [2.45, 2.75) is 97.8 Å². The Bertz CT molecular complexity index is 211. The van der Waals surface area contributed by atoms with E-state index < -0.39 is 0 Å². The van der Waals surface area contributed by atoms with Gasteiger partial charge in [-0.1, -0.05) is 78.6 Å². The molecule has 0 aromatic rings. The molecule has 2 nitrogen and oxygen atoms in total. The van der Waals surface area contributed by atoms with Gasteiger partial charge in [-0.15, -0.1) is 0 Å². The topological polar surface area (TPSA) is 26.3 Å². The molecule has 0 spiro atoms. The van der Waals surface area contributed by atoms with Crippen molar-refractivity contribution in [3.8, 4) is 0 Å². The fraction of sp³-hybridized carbons (Fsp3) is 0.944. The quantitative estimate of drug-likeness (QED) is 0.294. The van der Waals surface area contributed by atoms with Crippen LogP contribution in [0.1, 0.15) is 97.8 Å². The van der Waals surface area contributed by atoms with E-state index in [1.165, 1.54) is 44.9 Å². The molecule has 0 N–H and O–H groups in total. The molecular formula is C18H36O2. The van der Waals surface area contributed by atoms with Gasteiger partial charge in [0.15, 0.2) is 0 Å².